The maximum absolute atomic E-state index is 4.19. The van der Waals surface area contributed by atoms with Crippen LogP contribution in [0.2, 0.25) is 0 Å². The normalized spacial score (nSPS) is 12.8. The van der Waals surface area contributed by atoms with Crippen molar-refractivity contribution >= 4 is 11.3 Å². The summed E-state index contributed by atoms with van der Waals surface area (Å²) >= 11 is 1.67. The Labute approximate surface area is 71.0 Å². The van der Waals surface area contributed by atoms with Crippen LogP contribution in [0.1, 0.15) is 18.0 Å². The molecule has 1 aromatic heterocycles. The highest BCUT2D eigenvalue weighted by Crippen LogP contribution is 2.13. The molecule has 1 N–H and O–H groups in total. The summed E-state index contributed by atoms with van der Waals surface area (Å²) in [6, 6.07) is 0.341. The Balaban J connectivity index is 2.42. The quantitative estimate of drug-likeness (QED) is 0.695. The zero-order valence-electron chi connectivity index (χ0n) is 6.58. The molecule has 0 radical (unpaired) electrons. The van der Waals surface area contributed by atoms with Gasteiger partial charge in [0.05, 0.1) is 6.04 Å². The van der Waals surface area contributed by atoms with Gasteiger partial charge in [0.15, 0.2) is 0 Å². The first-order valence-electron chi connectivity index (χ1n) is 3.58. The zero-order chi connectivity index (χ0) is 8.10. The lowest BCUT2D eigenvalue weighted by atomic mass is 10.3. The average Bonchev–Trinajstić information content (AvgIpc) is 2.52. The first-order chi connectivity index (χ1) is 5.34. The molecule has 2 nitrogen and oxygen atoms in total. The number of nitrogens with zero attached hydrogens (tertiary/aromatic N) is 1. The van der Waals surface area contributed by atoms with E-state index < -0.39 is 0 Å². The van der Waals surface area contributed by atoms with Crippen LogP contribution in [0.25, 0.3) is 0 Å². The van der Waals surface area contributed by atoms with E-state index in [2.05, 4.69) is 23.8 Å². The lowest BCUT2D eigenvalue weighted by molar-refractivity contribution is 0.614. The largest absolute Gasteiger partial charge is 0.305 e. The maximum atomic E-state index is 4.19. The summed E-state index contributed by atoms with van der Waals surface area (Å²) in [5, 5.41) is 6.38. The zero-order valence-corrected chi connectivity index (χ0v) is 7.40. The Morgan fingerprint density at radius 1 is 1.91 bits per heavy atom. The van der Waals surface area contributed by atoms with Crippen molar-refractivity contribution in [2.45, 2.75) is 13.0 Å². The number of nitrogens with one attached hydrogen (secondary N) is 1. The minimum absolute atomic E-state index is 0.341. The third kappa shape index (κ3) is 2.44. The minimum Gasteiger partial charge on any atom is -0.305 e. The fraction of sp³-hybridized carbons (Fsp3) is 0.375. The number of hydrogen-bond acceptors (Lipinski definition) is 3. The SMILES string of the molecule is C=CCN[C@@H](C)c1nccs1. The number of hydrogen-bond donors (Lipinski definition) is 1. The van der Waals surface area contributed by atoms with Crippen molar-refractivity contribution in [1.82, 2.24) is 10.3 Å². The second-order valence-electron chi connectivity index (χ2n) is 2.29. The Kier molecular flexibility index (Phi) is 3.26. The van der Waals surface area contributed by atoms with Gasteiger partial charge in [-0.05, 0) is 6.92 Å². The molecule has 0 saturated heterocycles. The number of rotatable bonds is 4. The lowest BCUT2D eigenvalue weighted by Crippen LogP contribution is -2.17. The Morgan fingerprint density at radius 2 is 2.73 bits per heavy atom. The minimum atomic E-state index is 0.341. The van der Waals surface area contributed by atoms with E-state index in [1.165, 1.54) is 0 Å². The molecule has 0 aliphatic heterocycles. The number of aromatic nitrogens is 1. The predicted molar refractivity (Wildman–Crippen MR) is 48.7 cm³/mol. The molecular weight excluding hydrogens is 156 g/mol. The first kappa shape index (κ1) is 8.43. The smallest absolute Gasteiger partial charge is 0.109 e. The molecule has 0 aliphatic rings. The number of thiazole rings is 1. The fourth-order valence-corrected chi connectivity index (χ4v) is 1.47. The van der Waals surface area contributed by atoms with E-state index in [1.54, 1.807) is 11.3 Å². The van der Waals surface area contributed by atoms with Gasteiger partial charge in [-0.2, -0.15) is 0 Å². The van der Waals surface area contributed by atoms with Gasteiger partial charge in [-0.15, -0.1) is 17.9 Å². The van der Waals surface area contributed by atoms with Crippen LogP contribution in [0.5, 0.6) is 0 Å². The molecule has 0 aliphatic carbocycles. The van der Waals surface area contributed by atoms with Crippen LogP contribution in [0.15, 0.2) is 24.2 Å². The van der Waals surface area contributed by atoms with E-state index in [9.17, 15) is 0 Å². The Bertz CT molecular complexity index is 206. The van der Waals surface area contributed by atoms with E-state index >= 15 is 0 Å². The van der Waals surface area contributed by atoms with Crippen LogP contribution in [-0.2, 0) is 0 Å². The molecule has 1 atom stereocenters. The van der Waals surface area contributed by atoms with Gasteiger partial charge >= 0.3 is 0 Å². The van der Waals surface area contributed by atoms with Crippen molar-refractivity contribution in [3.05, 3.63) is 29.2 Å². The van der Waals surface area contributed by atoms with Crippen molar-refractivity contribution in [3.8, 4) is 0 Å². The molecule has 0 unspecified atom stereocenters. The van der Waals surface area contributed by atoms with Crippen molar-refractivity contribution in [2.24, 2.45) is 0 Å². The molecule has 3 heteroatoms. The Hall–Kier alpha value is -0.670. The molecule has 1 aromatic rings. The summed E-state index contributed by atoms with van der Waals surface area (Å²) in [6.45, 7) is 6.57. The van der Waals surface area contributed by atoms with Gasteiger partial charge in [0.2, 0.25) is 0 Å². The van der Waals surface area contributed by atoms with Gasteiger partial charge in [0.1, 0.15) is 5.01 Å². The van der Waals surface area contributed by atoms with E-state index in [0.29, 0.717) is 6.04 Å². The van der Waals surface area contributed by atoms with E-state index in [1.807, 2.05) is 17.7 Å². The van der Waals surface area contributed by atoms with Gasteiger partial charge in [-0.1, -0.05) is 6.08 Å². The molecule has 0 fully saturated rings. The molecule has 0 bridgehead atoms. The van der Waals surface area contributed by atoms with E-state index in [-0.39, 0.29) is 0 Å². The van der Waals surface area contributed by atoms with E-state index in [0.717, 1.165) is 11.6 Å². The van der Waals surface area contributed by atoms with Gasteiger partial charge in [0.25, 0.3) is 0 Å². The summed E-state index contributed by atoms with van der Waals surface area (Å²) in [6.07, 6.45) is 3.68. The van der Waals surface area contributed by atoms with Gasteiger partial charge in [0, 0.05) is 18.1 Å². The molecule has 11 heavy (non-hydrogen) atoms. The third-order valence-corrected chi connectivity index (χ3v) is 2.35. The molecule has 1 heterocycles. The highest BCUT2D eigenvalue weighted by atomic mass is 32.1. The van der Waals surface area contributed by atoms with Crippen LogP contribution in [0.4, 0.5) is 0 Å². The molecule has 0 amide bonds. The first-order valence-corrected chi connectivity index (χ1v) is 4.46. The van der Waals surface area contributed by atoms with Crippen molar-refractivity contribution in [1.29, 1.82) is 0 Å². The molecule has 1 rings (SSSR count). The van der Waals surface area contributed by atoms with Crippen molar-refractivity contribution in [3.63, 3.8) is 0 Å². The highest BCUT2D eigenvalue weighted by Gasteiger charge is 2.04. The van der Waals surface area contributed by atoms with Crippen molar-refractivity contribution in [2.75, 3.05) is 6.54 Å². The maximum Gasteiger partial charge on any atom is 0.109 e. The van der Waals surface area contributed by atoms with Crippen LogP contribution < -0.4 is 5.32 Å². The van der Waals surface area contributed by atoms with Gasteiger partial charge in [-0.25, -0.2) is 4.98 Å². The standard InChI is InChI=1S/C8H12N2S/c1-3-4-9-7(2)8-10-5-6-11-8/h3,5-7,9H,1,4H2,2H3/t7-/m0/s1. The molecular formula is C8H12N2S. The molecule has 60 valence electrons. The summed E-state index contributed by atoms with van der Waals surface area (Å²) in [5.74, 6) is 0. The summed E-state index contributed by atoms with van der Waals surface area (Å²) in [7, 11) is 0. The monoisotopic (exact) mass is 168 g/mol. The second-order valence-corrected chi connectivity index (χ2v) is 3.22. The van der Waals surface area contributed by atoms with Crippen molar-refractivity contribution < 1.29 is 0 Å². The van der Waals surface area contributed by atoms with Gasteiger partial charge < -0.3 is 5.32 Å². The van der Waals surface area contributed by atoms with Crippen LogP contribution in [0.3, 0.4) is 0 Å². The third-order valence-electron chi connectivity index (χ3n) is 1.39. The highest BCUT2D eigenvalue weighted by molar-refractivity contribution is 7.09. The topological polar surface area (TPSA) is 24.9 Å². The summed E-state index contributed by atoms with van der Waals surface area (Å²) in [5.41, 5.74) is 0. The van der Waals surface area contributed by atoms with Crippen LogP contribution in [0, 0.1) is 0 Å². The molecule has 0 saturated carbocycles. The summed E-state index contributed by atoms with van der Waals surface area (Å²) in [4.78, 5) is 4.19. The second kappa shape index (κ2) is 4.26. The molecule has 0 spiro atoms. The van der Waals surface area contributed by atoms with E-state index in [4.69, 9.17) is 0 Å². The average molecular weight is 168 g/mol. The fourth-order valence-electron chi connectivity index (χ4n) is 0.796. The summed E-state index contributed by atoms with van der Waals surface area (Å²) < 4.78 is 0. The Morgan fingerprint density at radius 3 is 3.27 bits per heavy atom. The van der Waals surface area contributed by atoms with Crippen LogP contribution >= 0.6 is 11.3 Å². The predicted octanol–water partition coefficient (Wildman–Crippen LogP) is 1.98. The lowest BCUT2D eigenvalue weighted by Gasteiger charge is -2.07. The molecule has 0 aromatic carbocycles. The van der Waals surface area contributed by atoms with Crippen LogP contribution in [-0.4, -0.2) is 11.5 Å². The van der Waals surface area contributed by atoms with Gasteiger partial charge in [-0.3, -0.25) is 0 Å².